The van der Waals surface area contributed by atoms with Gasteiger partial charge in [-0.2, -0.15) is 0 Å². The van der Waals surface area contributed by atoms with E-state index < -0.39 is 97.5 Å². The highest BCUT2D eigenvalue weighted by Crippen LogP contribution is 2.45. The molecule has 0 rings (SSSR count). The minimum atomic E-state index is -4.95. The van der Waals surface area contributed by atoms with Crippen LogP contribution in [0.1, 0.15) is 375 Å². The summed E-state index contributed by atoms with van der Waals surface area (Å²) in [6, 6.07) is 0. The van der Waals surface area contributed by atoms with Crippen molar-refractivity contribution in [3.8, 4) is 0 Å². The van der Waals surface area contributed by atoms with Crippen LogP contribution in [0.5, 0.6) is 0 Å². The van der Waals surface area contributed by atoms with Crippen LogP contribution in [-0.4, -0.2) is 96.7 Å². The number of aliphatic hydroxyl groups excluding tert-OH is 1. The van der Waals surface area contributed by atoms with E-state index in [1.165, 1.54) is 193 Å². The molecule has 19 heteroatoms. The van der Waals surface area contributed by atoms with Crippen molar-refractivity contribution >= 4 is 39.5 Å². The molecule has 17 nitrogen and oxygen atoms in total. The molecule has 0 heterocycles. The first-order chi connectivity index (χ1) is 44.4. The second kappa shape index (κ2) is 65.0. The molecule has 0 spiro atoms. The molecule has 546 valence electrons. The molecule has 0 aromatic carbocycles. The van der Waals surface area contributed by atoms with Crippen molar-refractivity contribution in [2.24, 2.45) is 11.8 Å². The molecule has 0 aromatic heterocycles. The monoisotopic (exact) mass is 1350 g/mol. The SMILES string of the molecule is CCCCCCCCCCCCCCCCCCCC(=O)O[C@H](COC(=O)CCCCCCCCCCCCCCC(C)C)COP(=O)(O)OC[C@@H](O)COP(=O)(O)OC[C@@H](COC(=O)CCCCCCCCCCCC)OC(=O)CCCCCCCCC(C)CC. The van der Waals surface area contributed by atoms with Crippen molar-refractivity contribution < 1.29 is 80.2 Å². The molecule has 0 amide bonds. The number of hydrogen-bond donors (Lipinski definition) is 3. The lowest BCUT2D eigenvalue weighted by atomic mass is 10.00. The number of carbonyl (C=O) groups excluding carboxylic acids is 4. The van der Waals surface area contributed by atoms with Crippen LogP contribution in [0.3, 0.4) is 0 Å². The molecule has 0 fully saturated rings. The van der Waals surface area contributed by atoms with Gasteiger partial charge in [-0.3, -0.25) is 37.3 Å². The minimum absolute atomic E-state index is 0.103. The summed E-state index contributed by atoms with van der Waals surface area (Å²) in [6.07, 6.45) is 51.3. The number of aliphatic hydroxyl groups is 1. The number of phosphoric acid groups is 2. The van der Waals surface area contributed by atoms with Gasteiger partial charge >= 0.3 is 39.5 Å². The van der Waals surface area contributed by atoms with Crippen molar-refractivity contribution in [2.45, 2.75) is 394 Å². The van der Waals surface area contributed by atoms with E-state index in [9.17, 15) is 43.2 Å². The van der Waals surface area contributed by atoms with Crippen molar-refractivity contribution in [3.05, 3.63) is 0 Å². The fourth-order valence-electron chi connectivity index (χ4n) is 11.1. The van der Waals surface area contributed by atoms with E-state index in [1.54, 1.807) is 0 Å². The van der Waals surface area contributed by atoms with Crippen LogP contribution in [0.2, 0.25) is 0 Å². The van der Waals surface area contributed by atoms with Crippen molar-refractivity contribution in [2.75, 3.05) is 39.6 Å². The number of unbranched alkanes of at least 4 members (excludes halogenated alkanes) is 41. The molecular weight excluding hydrogens is 1210 g/mol. The van der Waals surface area contributed by atoms with Gasteiger partial charge in [0, 0.05) is 25.7 Å². The number of phosphoric ester groups is 2. The molecule has 6 atom stereocenters. The second-order valence-electron chi connectivity index (χ2n) is 27.1. The maximum absolute atomic E-state index is 13.1. The average molecular weight is 1350 g/mol. The van der Waals surface area contributed by atoms with Gasteiger partial charge < -0.3 is 33.8 Å². The summed E-state index contributed by atoms with van der Waals surface area (Å²) in [6.45, 7) is 9.53. The zero-order valence-electron chi connectivity index (χ0n) is 59.9. The lowest BCUT2D eigenvalue weighted by Crippen LogP contribution is -2.30. The van der Waals surface area contributed by atoms with Crippen LogP contribution in [-0.2, 0) is 65.4 Å². The molecule has 0 bridgehead atoms. The zero-order valence-corrected chi connectivity index (χ0v) is 61.6. The number of hydrogen-bond acceptors (Lipinski definition) is 15. The first kappa shape index (κ1) is 90.1. The van der Waals surface area contributed by atoms with Gasteiger partial charge in [-0.05, 0) is 37.5 Å². The molecule has 0 saturated heterocycles. The quantitative estimate of drug-likeness (QED) is 0.0222. The first-order valence-corrected chi connectivity index (χ1v) is 41.0. The van der Waals surface area contributed by atoms with Crippen molar-refractivity contribution in [1.82, 2.24) is 0 Å². The van der Waals surface area contributed by atoms with E-state index >= 15 is 0 Å². The Balaban J connectivity index is 5.23. The molecule has 0 aliphatic carbocycles. The summed E-state index contributed by atoms with van der Waals surface area (Å²) in [4.78, 5) is 72.6. The molecular formula is C73H142O17P2. The summed E-state index contributed by atoms with van der Waals surface area (Å²) >= 11 is 0. The Morgan fingerprint density at radius 2 is 0.554 bits per heavy atom. The van der Waals surface area contributed by atoms with E-state index in [4.69, 9.17) is 37.0 Å². The van der Waals surface area contributed by atoms with Crippen molar-refractivity contribution in [3.63, 3.8) is 0 Å². The standard InChI is InChI=1S/C73H142O17P2/c1-7-10-12-14-16-18-20-21-22-23-24-25-30-34-38-45-51-57-72(77)89-68(61-83-71(76)56-50-44-37-33-29-27-26-28-31-35-41-47-53-65(4)5)63-87-91(79,80)85-59-67(74)60-86-92(81,82)88-64-69(90-73(78)58-52-46-40-39-42-48-54-66(6)9-3)62-84-70(75)55-49-43-36-32-19-17-15-13-11-8-2/h65-69,74H,7-64H2,1-6H3,(H,79,80)(H,81,82)/t66?,67-,68-,69-/m1/s1. The first-order valence-electron chi connectivity index (χ1n) is 38.0. The highest BCUT2D eigenvalue weighted by Gasteiger charge is 2.30. The Morgan fingerprint density at radius 1 is 0.315 bits per heavy atom. The van der Waals surface area contributed by atoms with Gasteiger partial charge in [-0.25, -0.2) is 9.13 Å². The van der Waals surface area contributed by atoms with Crippen LogP contribution >= 0.6 is 15.6 Å². The predicted molar refractivity (Wildman–Crippen MR) is 372 cm³/mol. The number of ether oxygens (including phenoxy) is 4. The summed E-state index contributed by atoms with van der Waals surface area (Å²) in [5.41, 5.74) is 0. The van der Waals surface area contributed by atoms with Gasteiger partial charge in [0.1, 0.15) is 19.3 Å². The topological polar surface area (TPSA) is 237 Å². The lowest BCUT2D eigenvalue weighted by Gasteiger charge is -2.21. The molecule has 3 unspecified atom stereocenters. The summed E-state index contributed by atoms with van der Waals surface area (Å²) in [7, 11) is -9.90. The van der Waals surface area contributed by atoms with E-state index in [2.05, 4.69) is 41.5 Å². The molecule has 0 aromatic rings. The number of carbonyl (C=O) groups is 4. The highest BCUT2D eigenvalue weighted by molar-refractivity contribution is 7.47. The van der Waals surface area contributed by atoms with Gasteiger partial charge in [0.25, 0.3) is 0 Å². The fraction of sp³-hybridized carbons (Fsp3) is 0.945. The largest absolute Gasteiger partial charge is 0.472 e. The van der Waals surface area contributed by atoms with Gasteiger partial charge in [-0.1, -0.05) is 324 Å². The normalized spacial score (nSPS) is 14.4. The second-order valence-corrected chi connectivity index (χ2v) is 30.0. The summed E-state index contributed by atoms with van der Waals surface area (Å²) in [5, 5.41) is 10.6. The van der Waals surface area contributed by atoms with Gasteiger partial charge in [0.15, 0.2) is 12.2 Å². The van der Waals surface area contributed by atoms with Crippen molar-refractivity contribution in [1.29, 1.82) is 0 Å². The zero-order chi connectivity index (χ0) is 67.9. The summed E-state index contributed by atoms with van der Waals surface area (Å²) in [5.74, 6) is -0.620. The van der Waals surface area contributed by atoms with Gasteiger partial charge in [-0.15, -0.1) is 0 Å². The van der Waals surface area contributed by atoms with E-state index in [-0.39, 0.29) is 25.7 Å². The Kier molecular flexibility index (Phi) is 63.7. The smallest absolute Gasteiger partial charge is 0.462 e. The third-order valence-electron chi connectivity index (χ3n) is 17.3. The third kappa shape index (κ3) is 65.4. The van der Waals surface area contributed by atoms with Crippen LogP contribution in [0.25, 0.3) is 0 Å². The van der Waals surface area contributed by atoms with Gasteiger partial charge in [0.05, 0.1) is 26.4 Å². The highest BCUT2D eigenvalue weighted by atomic mass is 31.2. The number of esters is 4. The Bertz CT molecular complexity index is 1790. The van der Waals surface area contributed by atoms with Crippen LogP contribution < -0.4 is 0 Å². The fourth-order valence-corrected chi connectivity index (χ4v) is 12.7. The molecule has 0 saturated carbocycles. The Hall–Kier alpha value is -1.94. The van der Waals surface area contributed by atoms with Gasteiger partial charge in [0.2, 0.25) is 0 Å². The summed E-state index contributed by atoms with van der Waals surface area (Å²) < 4.78 is 68.4. The van der Waals surface area contributed by atoms with E-state index in [0.29, 0.717) is 25.7 Å². The maximum Gasteiger partial charge on any atom is 0.472 e. The van der Waals surface area contributed by atoms with E-state index in [0.717, 1.165) is 102 Å². The maximum atomic E-state index is 13.1. The molecule has 92 heavy (non-hydrogen) atoms. The Labute approximate surface area is 562 Å². The predicted octanol–water partition coefficient (Wildman–Crippen LogP) is 21.2. The number of rotatable bonds is 72. The Morgan fingerprint density at radius 3 is 0.826 bits per heavy atom. The molecule has 3 N–H and O–H groups in total. The molecule has 0 aliphatic rings. The third-order valence-corrected chi connectivity index (χ3v) is 19.2. The van der Waals surface area contributed by atoms with Crippen LogP contribution in [0.4, 0.5) is 0 Å². The minimum Gasteiger partial charge on any atom is -0.462 e. The van der Waals surface area contributed by atoms with Crippen LogP contribution in [0, 0.1) is 11.8 Å². The lowest BCUT2D eigenvalue weighted by molar-refractivity contribution is -0.161. The molecule has 0 radical (unpaired) electrons. The molecule has 0 aliphatic heterocycles. The van der Waals surface area contributed by atoms with Crippen LogP contribution in [0.15, 0.2) is 0 Å². The van der Waals surface area contributed by atoms with E-state index in [1.807, 2.05) is 0 Å². The average Bonchev–Trinajstić information content (AvgIpc) is 1.76.